The molecule has 0 saturated carbocycles. The first-order valence-electron chi connectivity index (χ1n) is 8.26. The molecule has 0 aromatic heterocycles. The largest absolute Gasteiger partial charge is 0.377 e. The molecule has 3 heteroatoms. The van der Waals surface area contributed by atoms with Crippen LogP contribution in [-0.4, -0.2) is 32.2 Å². The highest BCUT2D eigenvalue weighted by molar-refractivity contribution is 4.79. The third-order valence-electron chi connectivity index (χ3n) is 3.61. The van der Waals surface area contributed by atoms with Crippen molar-refractivity contribution in [1.29, 1.82) is 0 Å². The third-order valence-corrected chi connectivity index (χ3v) is 3.61. The highest BCUT2D eigenvalue weighted by atomic mass is 16.7. The molecule has 0 N–H and O–H groups in total. The van der Waals surface area contributed by atoms with E-state index in [0.29, 0.717) is 23.7 Å². The van der Waals surface area contributed by atoms with Gasteiger partial charge in [0.05, 0.1) is 12.7 Å². The lowest BCUT2D eigenvalue weighted by Crippen LogP contribution is -2.43. The van der Waals surface area contributed by atoms with E-state index >= 15 is 0 Å². The number of hydrogen-bond donors (Lipinski definition) is 0. The first-order valence-corrected chi connectivity index (χ1v) is 8.26. The molecular formula is C17H34O3. The monoisotopic (exact) mass is 286 g/mol. The summed E-state index contributed by atoms with van der Waals surface area (Å²) in [5.41, 5.74) is 0. The number of rotatable bonds is 8. The lowest BCUT2D eigenvalue weighted by Gasteiger charge is -2.39. The second-order valence-electron chi connectivity index (χ2n) is 7.21. The van der Waals surface area contributed by atoms with Gasteiger partial charge < -0.3 is 14.2 Å². The van der Waals surface area contributed by atoms with E-state index in [1.54, 1.807) is 0 Å². The van der Waals surface area contributed by atoms with Crippen LogP contribution in [0.25, 0.3) is 0 Å². The molecule has 20 heavy (non-hydrogen) atoms. The lowest BCUT2D eigenvalue weighted by atomic mass is 9.87. The van der Waals surface area contributed by atoms with Crippen LogP contribution in [0.5, 0.6) is 0 Å². The molecule has 0 aliphatic carbocycles. The Bertz CT molecular complexity index is 251. The van der Waals surface area contributed by atoms with E-state index in [0.717, 1.165) is 32.7 Å². The van der Waals surface area contributed by atoms with E-state index in [1.807, 2.05) is 0 Å². The van der Waals surface area contributed by atoms with E-state index in [2.05, 4.69) is 41.5 Å². The van der Waals surface area contributed by atoms with Crippen molar-refractivity contribution in [2.24, 2.45) is 23.7 Å². The van der Waals surface area contributed by atoms with Gasteiger partial charge in [-0.2, -0.15) is 0 Å². The van der Waals surface area contributed by atoms with Crippen LogP contribution in [0, 0.1) is 23.7 Å². The summed E-state index contributed by atoms with van der Waals surface area (Å²) < 4.78 is 18.1. The Balaban J connectivity index is 2.63. The van der Waals surface area contributed by atoms with E-state index in [1.165, 1.54) is 0 Å². The molecule has 1 aliphatic rings. The van der Waals surface area contributed by atoms with Gasteiger partial charge in [0, 0.05) is 19.1 Å². The van der Waals surface area contributed by atoms with E-state index in [4.69, 9.17) is 14.2 Å². The number of hydrogen-bond acceptors (Lipinski definition) is 3. The molecule has 0 radical (unpaired) electrons. The fourth-order valence-corrected chi connectivity index (χ4v) is 2.67. The summed E-state index contributed by atoms with van der Waals surface area (Å²) in [6.45, 7) is 15.6. The van der Waals surface area contributed by atoms with Crippen LogP contribution >= 0.6 is 0 Å². The summed E-state index contributed by atoms with van der Waals surface area (Å²) >= 11 is 0. The molecule has 120 valence electrons. The van der Waals surface area contributed by atoms with Gasteiger partial charge in [0.15, 0.2) is 6.29 Å². The predicted octanol–water partition coefficient (Wildman–Crippen LogP) is 4.11. The standard InChI is InChI=1S/C17H34O3/c1-12(2)10-19-16(14(5)6)15-8-7-9-18-17(15)20-11-13(3)4/h12-17H,7-11H2,1-6H3. The van der Waals surface area contributed by atoms with Gasteiger partial charge in [-0.25, -0.2) is 0 Å². The Morgan fingerprint density at radius 2 is 1.65 bits per heavy atom. The van der Waals surface area contributed by atoms with Gasteiger partial charge in [0.25, 0.3) is 0 Å². The lowest BCUT2D eigenvalue weighted by molar-refractivity contribution is -0.226. The van der Waals surface area contributed by atoms with Gasteiger partial charge in [0.2, 0.25) is 0 Å². The van der Waals surface area contributed by atoms with Gasteiger partial charge in [-0.05, 0) is 30.6 Å². The normalized spacial score (nSPS) is 25.6. The summed E-state index contributed by atoms with van der Waals surface area (Å²) in [6, 6.07) is 0. The van der Waals surface area contributed by atoms with Crippen molar-refractivity contribution in [3.63, 3.8) is 0 Å². The highest BCUT2D eigenvalue weighted by Crippen LogP contribution is 2.31. The van der Waals surface area contributed by atoms with Crippen LogP contribution in [0.15, 0.2) is 0 Å². The van der Waals surface area contributed by atoms with Gasteiger partial charge in [-0.3, -0.25) is 0 Å². The predicted molar refractivity (Wildman–Crippen MR) is 82.7 cm³/mol. The molecule has 0 amide bonds. The quantitative estimate of drug-likeness (QED) is 0.672. The minimum Gasteiger partial charge on any atom is -0.377 e. The molecule has 0 spiro atoms. The van der Waals surface area contributed by atoms with Crippen LogP contribution in [0.1, 0.15) is 54.4 Å². The van der Waals surface area contributed by atoms with E-state index in [9.17, 15) is 0 Å². The maximum atomic E-state index is 6.18. The minimum atomic E-state index is -0.0919. The van der Waals surface area contributed by atoms with Crippen molar-refractivity contribution in [2.75, 3.05) is 19.8 Å². The smallest absolute Gasteiger partial charge is 0.162 e. The molecule has 3 unspecified atom stereocenters. The summed E-state index contributed by atoms with van der Waals surface area (Å²) in [6.07, 6.45) is 2.39. The van der Waals surface area contributed by atoms with Crippen molar-refractivity contribution in [1.82, 2.24) is 0 Å². The van der Waals surface area contributed by atoms with Crippen molar-refractivity contribution < 1.29 is 14.2 Å². The zero-order chi connectivity index (χ0) is 15.1. The zero-order valence-corrected chi connectivity index (χ0v) is 14.2. The van der Waals surface area contributed by atoms with Crippen molar-refractivity contribution in [3.8, 4) is 0 Å². The Hall–Kier alpha value is -0.120. The molecular weight excluding hydrogens is 252 g/mol. The molecule has 1 fully saturated rings. The van der Waals surface area contributed by atoms with Crippen LogP contribution < -0.4 is 0 Å². The first kappa shape index (κ1) is 17.9. The molecule has 1 aliphatic heterocycles. The summed E-state index contributed by atoms with van der Waals surface area (Å²) in [5.74, 6) is 1.96. The van der Waals surface area contributed by atoms with Gasteiger partial charge in [0.1, 0.15) is 0 Å². The molecule has 0 bridgehead atoms. The maximum Gasteiger partial charge on any atom is 0.162 e. The van der Waals surface area contributed by atoms with Gasteiger partial charge >= 0.3 is 0 Å². The Morgan fingerprint density at radius 3 is 2.20 bits per heavy atom. The number of ether oxygens (including phenoxy) is 3. The maximum absolute atomic E-state index is 6.18. The minimum absolute atomic E-state index is 0.0919. The van der Waals surface area contributed by atoms with Crippen molar-refractivity contribution >= 4 is 0 Å². The van der Waals surface area contributed by atoms with Gasteiger partial charge in [-0.1, -0.05) is 41.5 Å². The SMILES string of the molecule is CC(C)COC1OCCCC1C(OCC(C)C)C(C)C. The molecule has 1 rings (SSSR count). The second-order valence-corrected chi connectivity index (χ2v) is 7.21. The van der Waals surface area contributed by atoms with Crippen LogP contribution in [0.4, 0.5) is 0 Å². The van der Waals surface area contributed by atoms with E-state index in [-0.39, 0.29) is 12.4 Å². The summed E-state index contributed by atoms with van der Waals surface area (Å²) in [5, 5.41) is 0. The van der Waals surface area contributed by atoms with Crippen LogP contribution in [-0.2, 0) is 14.2 Å². The Morgan fingerprint density at radius 1 is 1.00 bits per heavy atom. The van der Waals surface area contributed by atoms with Crippen molar-refractivity contribution in [3.05, 3.63) is 0 Å². The molecule has 1 heterocycles. The molecule has 1 saturated heterocycles. The summed E-state index contributed by atoms with van der Waals surface area (Å²) in [7, 11) is 0. The van der Waals surface area contributed by atoms with Crippen molar-refractivity contribution in [2.45, 2.75) is 66.8 Å². The zero-order valence-electron chi connectivity index (χ0n) is 14.2. The van der Waals surface area contributed by atoms with Crippen LogP contribution in [0.3, 0.4) is 0 Å². The second kappa shape index (κ2) is 9.01. The van der Waals surface area contributed by atoms with Gasteiger partial charge in [-0.15, -0.1) is 0 Å². The van der Waals surface area contributed by atoms with E-state index < -0.39 is 0 Å². The molecule has 3 nitrogen and oxygen atoms in total. The highest BCUT2D eigenvalue weighted by Gasteiger charge is 2.36. The Labute approximate surface area is 125 Å². The molecule has 0 aromatic rings. The fourth-order valence-electron chi connectivity index (χ4n) is 2.67. The summed E-state index contributed by atoms with van der Waals surface area (Å²) in [4.78, 5) is 0. The molecule has 3 atom stereocenters. The average molecular weight is 286 g/mol. The van der Waals surface area contributed by atoms with Crippen LogP contribution in [0.2, 0.25) is 0 Å². The fraction of sp³-hybridized carbons (Fsp3) is 1.00. The average Bonchev–Trinajstić information content (AvgIpc) is 2.37. The molecule has 0 aromatic carbocycles. The Kier molecular flexibility index (Phi) is 8.08. The third kappa shape index (κ3) is 6.11. The first-order chi connectivity index (χ1) is 9.41. The topological polar surface area (TPSA) is 27.7 Å².